The Bertz CT molecular complexity index is 3340. The predicted octanol–water partition coefficient (Wildman–Crippen LogP) is -2.33. The molecule has 81 heavy (non-hydrogen) atoms. The van der Waals surface area contributed by atoms with Crippen LogP contribution in [0.2, 0.25) is 0 Å². The van der Waals surface area contributed by atoms with Gasteiger partial charge in [0.25, 0.3) is 16.7 Å². The minimum absolute atomic E-state index is 0.131. The molecule has 3 aromatic rings. The van der Waals surface area contributed by atoms with Crippen molar-refractivity contribution in [3.8, 4) is 0 Å². The van der Waals surface area contributed by atoms with E-state index in [4.69, 9.17) is 52.4 Å². The Balaban J connectivity index is 0.000000262. The van der Waals surface area contributed by atoms with Crippen LogP contribution in [0, 0.1) is 0 Å². The van der Waals surface area contributed by atoms with Gasteiger partial charge in [0.2, 0.25) is 20.0 Å². The molecule has 0 amide bonds. The van der Waals surface area contributed by atoms with Crippen LogP contribution in [0.3, 0.4) is 0 Å². The summed E-state index contributed by atoms with van der Waals surface area (Å²) in [6.07, 6.45) is -4.52. The molecule has 0 saturated carbocycles. The molecule has 36 heteroatoms. The number of nitrogens with one attached hydrogen (secondary N) is 5. The molecule has 6 rings (SSSR count). The van der Waals surface area contributed by atoms with Gasteiger partial charge >= 0.3 is 24.7 Å². The first-order valence-corrected chi connectivity index (χ1v) is 31.7. The van der Waals surface area contributed by atoms with Gasteiger partial charge < -0.3 is 52.4 Å². The smallest absolute Gasteiger partial charge is 0.340 e. The highest BCUT2D eigenvalue weighted by Gasteiger charge is 2.50. The average molecular weight is 1240 g/mol. The largest absolute Gasteiger partial charge is 0.374 e. The highest BCUT2D eigenvalue weighted by atomic mass is 32.2. The zero-order valence-electron chi connectivity index (χ0n) is 46.2. The van der Waals surface area contributed by atoms with E-state index < -0.39 is 156 Å². The summed E-state index contributed by atoms with van der Waals surface area (Å²) in [5, 5.41) is 0.971. The van der Waals surface area contributed by atoms with Crippen LogP contribution in [0.1, 0.15) is 73.1 Å². The molecule has 7 N–H and O–H groups in total. The monoisotopic (exact) mass is 1240 g/mol. The van der Waals surface area contributed by atoms with Gasteiger partial charge in [-0.25, -0.2) is 49.1 Å². The highest BCUT2D eigenvalue weighted by Crippen LogP contribution is 2.39. The van der Waals surface area contributed by atoms with Crippen molar-refractivity contribution in [2.45, 2.75) is 146 Å². The SMILES string of the molecule is CNS(=O)(=O)/C=C/[C@H]1O[C@@H](n2ccc(=O)[nH]c2=O)[C@H](OC)[C@@H]1OC(C)C.CNS(=O)(=O)CC[C@H]1O[C@@H](n2ccc(=O)[nH]c2=O)[C@H](OC)[C@@H]1OC(C)C.CO[C@@H]1[C@H](OC(C)C)[C@@H](CCS(=O)(=O)CP(=O)(O)O)O[C@H]1n1ccc(=O)[nH]c1=O. The second kappa shape index (κ2) is 29.7. The number of H-pyrrole nitrogens is 3. The maximum absolute atomic E-state index is 12.1. The van der Waals surface area contributed by atoms with Crippen molar-refractivity contribution < 1.29 is 82.2 Å². The fraction of sp³-hybridized carbons (Fsp3) is 0.689. The van der Waals surface area contributed by atoms with Gasteiger partial charge in [0.05, 0.1) is 42.0 Å². The number of hydrogen-bond donors (Lipinski definition) is 7. The molecule has 3 saturated heterocycles. The van der Waals surface area contributed by atoms with Gasteiger partial charge in [-0.2, -0.15) is 0 Å². The van der Waals surface area contributed by atoms with E-state index in [-0.39, 0.29) is 36.9 Å². The first-order valence-electron chi connectivity index (χ1n) is 24.9. The van der Waals surface area contributed by atoms with Crippen molar-refractivity contribution in [2.24, 2.45) is 0 Å². The van der Waals surface area contributed by atoms with Crippen LogP contribution in [0.4, 0.5) is 0 Å². The Kier molecular flexibility index (Phi) is 25.3. The topological polar surface area (TPSA) is 432 Å². The number of methoxy groups -OCH3 is 3. The standard InChI is InChI=1S/C15H25N3O7S.C15H23N3O7S.C15H25N2O10PS/c2*1-9(2)24-12-10(6-8-26(21,22)16-3)25-14(13(12)23-4)18-7-5-11(19)17-15(18)20;1-9(2)26-12-10(5-7-29(23,24)8-28(20,21)22)27-14(13(12)25-3)17-6-4-11(18)16-15(17)19/h5,7,9-10,12-14,16H,6,8H2,1-4H3,(H,17,19,20);5-10,12-14,16H,1-4H3,(H,17,19,20);4,6,9-10,12-14H,5,7-8H2,1-3H3,(H,16,18,19)(H2,20,21,22)/b;8-6+;/t3*10-,12-,13-,14-/m111/s1. The third kappa shape index (κ3) is 20.0. The molecule has 0 unspecified atom stereocenters. The number of sulfone groups is 1. The molecule has 460 valence electrons. The molecule has 3 aromatic heterocycles. The van der Waals surface area contributed by atoms with E-state index in [0.29, 0.717) is 0 Å². The van der Waals surface area contributed by atoms with Crippen LogP contribution in [0.15, 0.2) is 77.0 Å². The van der Waals surface area contributed by atoms with Crippen molar-refractivity contribution in [3.05, 3.63) is 111 Å². The van der Waals surface area contributed by atoms with Crippen molar-refractivity contribution in [1.29, 1.82) is 0 Å². The molecule has 12 atom stereocenters. The van der Waals surface area contributed by atoms with Gasteiger partial charge in [-0.05, 0) is 74.6 Å². The van der Waals surface area contributed by atoms with Crippen LogP contribution in [-0.4, -0.2) is 189 Å². The molecule has 6 heterocycles. The fourth-order valence-corrected chi connectivity index (χ4v) is 13.1. The number of sulfonamides is 2. The summed E-state index contributed by atoms with van der Waals surface area (Å²) in [6.45, 7) is 10.8. The molecule has 0 spiro atoms. The summed E-state index contributed by atoms with van der Waals surface area (Å²) in [4.78, 5) is 94.5. The summed E-state index contributed by atoms with van der Waals surface area (Å²) in [7, 11) is -8.92. The van der Waals surface area contributed by atoms with Crippen molar-refractivity contribution in [2.75, 3.05) is 52.4 Å². The molecular formula is C45H73N8O24PS3. The van der Waals surface area contributed by atoms with Crippen LogP contribution in [-0.2, 0) is 77.1 Å². The molecule has 32 nitrogen and oxygen atoms in total. The van der Waals surface area contributed by atoms with Gasteiger partial charge in [0, 0.05) is 63.5 Å². The molecule has 3 aliphatic rings. The molecule has 3 fully saturated rings. The molecular weight excluding hydrogens is 1160 g/mol. The lowest BCUT2D eigenvalue weighted by molar-refractivity contribution is -0.0791. The van der Waals surface area contributed by atoms with E-state index in [1.54, 1.807) is 13.8 Å². The lowest BCUT2D eigenvalue weighted by Gasteiger charge is -2.25. The number of rotatable bonds is 24. The summed E-state index contributed by atoms with van der Waals surface area (Å²) in [6, 6.07) is 3.52. The van der Waals surface area contributed by atoms with Crippen LogP contribution >= 0.6 is 7.60 Å². The Labute approximate surface area is 465 Å². The molecule has 3 aliphatic heterocycles. The third-order valence-electron chi connectivity index (χ3n) is 12.1. The van der Waals surface area contributed by atoms with E-state index in [2.05, 4.69) is 24.4 Å². The molecule has 0 radical (unpaired) electrons. The number of aromatic amines is 3. The highest BCUT2D eigenvalue weighted by molar-refractivity contribution is 7.97. The Morgan fingerprint density at radius 2 is 0.938 bits per heavy atom. The minimum atomic E-state index is -4.74. The maximum Gasteiger partial charge on any atom is 0.340 e. The average Bonchev–Trinajstić information content (AvgIpc) is 4.26. The quantitative estimate of drug-likeness (QED) is 0.0463. The predicted molar refractivity (Wildman–Crippen MR) is 288 cm³/mol. The van der Waals surface area contributed by atoms with E-state index in [9.17, 15) is 58.6 Å². The fourth-order valence-electron chi connectivity index (χ4n) is 8.67. The summed E-state index contributed by atoms with van der Waals surface area (Å²) in [5.74, 6) is -0.708. The molecule has 0 aliphatic carbocycles. The Morgan fingerprint density at radius 1 is 0.580 bits per heavy atom. The van der Waals surface area contributed by atoms with Gasteiger partial charge in [-0.3, -0.25) is 47.6 Å². The third-order valence-corrected chi connectivity index (χ3v) is 18.3. The summed E-state index contributed by atoms with van der Waals surface area (Å²) < 4.78 is 141. The zero-order chi connectivity index (χ0) is 60.9. The number of nitrogens with zero attached hydrogens (tertiary/aromatic N) is 3. The lowest BCUT2D eigenvalue weighted by atomic mass is 10.1. The second-order valence-corrected chi connectivity index (χ2v) is 27.2. The minimum Gasteiger partial charge on any atom is -0.374 e. The van der Waals surface area contributed by atoms with Crippen LogP contribution in [0.25, 0.3) is 0 Å². The van der Waals surface area contributed by atoms with Gasteiger partial charge in [-0.1, -0.05) is 0 Å². The summed E-state index contributed by atoms with van der Waals surface area (Å²) in [5.41, 5.74) is -4.96. The van der Waals surface area contributed by atoms with E-state index in [1.807, 2.05) is 27.7 Å². The van der Waals surface area contributed by atoms with Gasteiger partial charge in [0.1, 0.15) is 42.7 Å². The van der Waals surface area contributed by atoms with Gasteiger partial charge in [-0.15, -0.1) is 0 Å². The lowest BCUT2D eigenvalue weighted by Crippen LogP contribution is -2.41. The number of ether oxygens (including phenoxy) is 9. The van der Waals surface area contributed by atoms with Crippen molar-refractivity contribution in [3.63, 3.8) is 0 Å². The van der Waals surface area contributed by atoms with E-state index >= 15 is 0 Å². The Hall–Kier alpha value is -4.66. The first-order chi connectivity index (χ1) is 37.7. The molecule has 0 aromatic carbocycles. The second-order valence-electron chi connectivity index (χ2n) is 19.1. The first kappa shape index (κ1) is 68.8. The van der Waals surface area contributed by atoms with Crippen LogP contribution < -0.4 is 43.2 Å². The van der Waals surface area contributed by atoms with Gasteiger partial charge in [0.15, 0.2) is 34.0 Å². The van der Waals surface area contributed by atoms with Crippen LogP contribution in [0.5, 0.6) is 0 Å². The Morgan fingerprint density at radius 3 is 1.27 bits per heavy atom. The van der Waals surface area contributed by atoms with E-state index in [0.717, 1.165) is 16.0 Å². The number of aromatic nitrogens is 6. The van der Waals surface area contributed by atoms with Crippen molar-refractivity contribution >= 4 is 37.5 Å². The van der Waals surface area contributed by atoms with Crippen molar-refractivity contribution in [1.82, 2.24) is 38.1 Å². The normalized spacial score (nSPS) is 26.3. The maximum atomic E-state index is 12.1. The molecule has 0 bridgehead atoms. The number of hydrogen-bond acceptors (Lipinski definition) is 22. The summed E-state index contributed by atoms with van der Waals surface area (Å²) >= 11 is 0. The zero-order valence-corrected chi connectivity index (χ0v) is 49.5. The van der Waals surface area contributed by atoms with E-state index in [1.165, 1.54) is 81.4 Å².